The maximum atomic E-state index is 12.0. The van der Waals surface area contributed by atoms with Crippen molar-refractivity contribution < 1.29 is 14.3 Å². The maximum absolute atomic E-state index is 12.0. The Kier molecular flexibility index (Phi) is 7.89. The average molecular weight is 477 g/mol. The quantitative estimate of drug-likeness (QED) is 0.287. The molecule has 0 heterocycles. The van der Waals surface area contributed by atoms with Crippen LogP contribution in [0, 0.1) is 0 Å². The number of nitrogens with zero attached hydrogens (tertiary/aromatic N) is 1. The van der Waals surface area contributed by atoms with Gasteiger partial charge in [-0.15, -0.1) is 0 Å². The van der Waals surface area contributed by atoms with Gasteiger partial charge in [0.2, 0.25) is 0 Å². The van der Waals surface area contributed by atoms with Crippen LogP contribution in [-0.2, 0) is 16.2 Å². The molecule has 3 aromatic carbocycles. The average Bonchev–Trinajstić information content (AvgIpc) is 2.77. The first-order valence-corrected chi connectivity index (χ1v) is 10.1. The zero-order chi connectivity index (χ0) is 22.2. The molecular weight excluding hydrogens is 461 g/mol. The van der Waals surface area contributed by atoms with Crippen LogP contribution in [0.1, 0.15) is 11.1 Å². The van der Waals surface area contributed by atoms with Crippen molar-refractivity contribution in [2.45, 2.75) is 6.61 Å². The Morgan fingerprint density at radius 3 is 2.32 bits per heavy atom. The van der Waals surface area contributed by atoms with Crippen molar-refractivity contribution in [2.24, 2.45) is 5.10 Å². The zero-order valence-electron chi connectivity index (χ0n) is 15.9. The van der Waals surface area contributed by atoms with Crippen molar-refractivity contribution in [1.29, 1.82) is 0 Å². The van der Waals surface area contributed by atoms with Gasteiger partial charge in [0.15, 0.2) is 0 Å². The highest BCUT2D eigenvalue weighted by Gasteiger charge is 2.15. The highest BCUT2D eigenvalue weighted by molar-refractivity contribution is 6.45. The van der Waals surface area contributed by atoms with Crippen molar-refractivity contribution in [3.8, 4) is 5.75 Å². The molecule has 0 radical (unpaired) electrons. The number of hydrogen-bond acceptors (Lipinski definition) is 4. The van der Waals surface area contributed by atoms with Gasteiger partial charge in [0.1, 0.15) is 12.4 Å². The van der Waals surface area contributed by atoms with E-state index in [9.17, 15) is 9.59 Å². The molecule has 0 saturated heterocycles. The Hall–Kier alpha value is -3.06. The molecule has 0 saturated carbocycles. The topological polar surface area (TPSA) is 79.8 Å². The Morgan fingerprint density at radius 2 is 1.58 bits per heavy atom. The van der Waals surface area contributed by atoms with Gasteiger partial charge in [0.25, 0.3) is 0 Å². The standard InChI is InChI=1S/C22H16Cl3N3O3/c23-17-5-2-1-4-15(17)13-31-16-10-8-14(9-11-16)12-26-28-22(30)21(29)27-19-7-3-6-18(24)20(19)25/h1-12H,13H2,(H,27,29)(H,28,30). The van der Waals surface area contributed by atoms with E-state index in [0.29, 0.717) is 22.9 Å². The van der Waals surface area contributed by atoms with Gasteiger partial charge in [0, 0.05) is 10.6 Å². The van der Waals surface area contributed by atoms with Crippen molar-refractivity contribution in [1.82, 2.24) is 5.43 Å². The van der Waals surface area contributed by atoms with Crippen LogP contribution in [-0.4, -0.2) is 18.0 Å². The van der Waals surface area contributed by atoms with Crippen LogP contribution in [0.5, 0.6) is 5.75 Å². The first-order chi connectivity index (χ1) is 14.9. The molecule has 158 valence electrons. The van der Waals surface area contributed by atoms with E-state index in [0.717, 1.165) is 5.56 Å². The third kappa shape index (κ3) is 6.46. The van der Waals surface area contributed by atoms with Gasteiger partial charge in [-0.1, -0.05) is 59.1 Å². The molecule has 2 amide bonds. The number of amides is 2. The van der Waals surface area contributed by atoms with E-state index in [-0.39, 0.29) is 15.7 Å². The van der Waals surface area contributed by atoms with Crippen LogP contribution in [0.2, 0.25) is 15.1 Å². The summed E-state index contributed by atoms with van der Waals surface area (Å²) in [5.41, 5.74) is 3.96. The summed E-state index contributed by atoms with van der Waals surface area (Å²) in [7, 11) is 0. The number of carbonyl (C=O) groups is 2. The molecule has 0 unspecified atom stereocenters. The van der Waals surface area contributed by atoms with Gasteiger partial charge in [-0.2, -0.15) is 5.10 Å². The van der Waals surface area contributed by atoms with Crippen LogP contribution in [0.4, 0.5) is 5.69 Å². The van der Waals surface area contributed by atoms with Crippen LogP contribution in [0.3, 0.4) is 0 Å². The minimum absolute atomic E-state index is 0.144. The highest BCUT2D eigenvalue weighted by atomic mass is 35.5. The van der Waals surface area contributed by atoms with Gasteiger partial charge < -0.3 is 10.1 Å². The van der Waals surface area contributed by atoms with E-state index < -0.39 is 11.8 Å². The second-order valence-electron chi connectivity index (χ2n) is 6.20. The summed E-state index contributed by atoms with van der Waals surface area (Å²) < 4.78 is 5.70. The molecule has 3 rings (SSSR count). The SMILES string of the molecule is O=C(NN=Cc1ccc(OCc2ccccc2Cl)cc1)C(=O)Nc1cccc(Cl)c1Cl. The van der Waals surface area contributed by atoms with Gasteiger partial charge in [-0.25, -0.2) is 5.43 Å². The molecule has 0 aliphatic carbocycles. The molecule has 6 nitrogen and oxygen atoms in total. The summed E-state index contributed by atoms with van der Waals surface area (Å²) in [6.45, 7) is 0.342. The summed E-state index contributed by atoms with van der Waals surface area (Å²) in [4.78, 5) is 23.8. The molecule has 0 aromatic heterocycles. The number of hydrazone groups is 1. The lowest BCUT2D eigenvalue weighted by molar-refractivity contribution is -0.136. The fourth-order valence-electron chi connectivity index (χ4n) is 2.42. The van der Waals surface area contributed by atoms with E-state index in [2.05, 4.69) is 15.8 Å². The third-order valence-corrected chi connectivity index (χ3v) is 5.21. The van der Waals surface area contributed by atoms with Crippen molar-refractivity contribution in [2.75, 3.05) is 5.32 Å². The number of benzene rings is 3. The molecule has 0 spiro atoms. The minimum Gasteiger partial charge on any atom is -0.489 e. The number of anilines is 1. The van der Waals surface area contributed by atoms with Crippen molar-refractivity contribution in [3.05, 3.63) is 92.9 Å². The molecule has 0 aliphatic rings. The van der Waals surface area contributed by atoms with E-state index in [1.54, 1.807) is 42.5 Å². The third-order valence-electron chi connectivity index (χ3n) is 4.02. The monoisotopic (exact) mass is 475 g/mol. The molecule has 0 bridgehead atoms. The summed E-state index contributed by atoms with van der Waals surface area (Å²) in [6, 6.07) is 19.2. The van der Waals surface area contributed by atoms with Crippen LogP contribution >= 0.6 is 34.8 Å². The molecule has 3 aromatic rings. The normalized spacial score (nSPS) is 10.7. The van der Waals surface area contributed by atoms with Gasteiger partial charge in [0.05, 0.1) is 21.9 Å². The van der Waals surface area contributed by atoms with E-state index in [1.807, 2.05) is 18.2 Å². The molecule has 0 fully saturated rings. The van der Waals surface area contributed by atoms with Crippen LogP contribution < -0.4 is 15.5 Å². The summed E-state index contributed by atoms with van der Waals surface area (Å²) in [6.07, 6.45) is 1.40. The number of rotatable bonds is 6. The number of hydrogen-bond donors (Lipinski definition) is 2. The zero-order valence-corrected chi connectivity index (χ0v) is 18.2. The van der Waals surface area contributed by atoms with E-state index in [4.69, 9.17) is 39.5 Å². The fourth-order valence-corrected chi connectivity index (χ4v) is 2.96. The molecule has 9 heteroatoms. The summed E-state index contributed by atoms with van der Waals surface area (Å²) in [5, 5.41) is 7.20. The Morgan fingerprint density at radius 1 is 0.871 bits per heavy atom. The Labute approximate surface area is 193 Å². The number of ether oxygens (including phenoxy) is 1. The van der Waals surface area contributed by atoms with Crippen molar-refractivity contribution in [3.63, 3.8) is 0 Å². The van der Waals surface area contributed by atoms with Crippen LogP contribution in [0.15, 0.2) is 71.8 Å². The van der Waals surface area contributed by atoms with Gasteiger partial charge >= 0.3 is 11.8 Å². The number of halogens is 3. The number of nitrogens with one attached hydrogen (secondary N) is 2. The largest absolute Gasteiger partial charge is 0.489 e. The van der Waals surface area contributed by atoms with Gasteiger partial charge in [-0.05, 0) is 48.0 Å². The fraction of sp³-hybridized carbons (Fsp3) is 0.0455. The summed E-state index contributed by atoms with van der Waals surface area (Å²) >= 11 is 18.0. The number of carbonyl (C=O) groups excluding carboxylic acids is 2. The van der Waals surface area contributed by atoms with E-state index >= 15 is 0 Å². The first-order valence-electron chi connectivity index (χ1n) is 8.98. The molecule has 0 aliphatic heterocycles. The Bertz CT molecular complexity index is 1120. The predicted molar refractivity (Wildman–Crippen MR) is 123 cm³/mol. The lowest BCUT2D eigenvalue weighted by atomic mass is 10.2. The Balaban J connectivity index is 1.50. The highest BCUT2D eigenvalue weighted by Crippen LogP contribution is 2.29. The molecular formula is C22H16Cl3N3O3. The first kappa shape index (κ1) is 22.6. The van der Waals surface area contributed by atoms with Crippen LogP contribution in [0.25, 0.3) is 0 Å². The predicted octanol–water partition coefficient (Wildman–Crippen LogP) is 5.31. The van der Waals surface area contributed by atoms with Crippen molar-refractivity contribution >= 4 is 58.5 Å². The smallest absolute Gasteiger partial charge is 0.329 e. The lowest BCUT2D eigenvalue weighted by Crippen LogP contribution is -2.32. The maximum Gasteiger partial charge on any atom is 0.329 e. The summed E-state index contributed by atoms with van der Waals surface area (Å²) in [5.74, 6) is -1.23. The molecule has 31 heavy (non-hydrogen) atoms. The lowest BCUT2D eigenvalue weighted by Gasteiger charge is -2.08. The molecule has 2 N–H and O–H groups in total. The second kappa shape index (κ2) is 10.8. The molecule has 0 atom stereocenters. The van der Waals surface area contributed by atoms with E-state index in [1.165, 1.54) is 12.3 Å². The minimum atomic E-state index is -0.952. The van der Waals surface area contributed by atoms with Gasteiger partial charge in [-0.3, -0.25) is 9.59 Å². The second-order valence-corrected chi connectivity index (χ2v) is 7.40.